The quantitative estimate of drug-likeness (QED) is 0.0858. The van der Waals surface area contributed by atoms with Crippen LogP contribution in [-0.2, 0) is 16.1 Å². The summed E-state index contributed by atoms with van der Waals surface area (Å²) in [5.74, 6) is 0.127. The fourth-order valence-electron chi connectivity index (χ4n) is 4.79. The van der Waals surface area contributed by atoms with Crippen molar-refractivity contribution in [3.8, 4) is 5.75 Å². The predicted octanol–water partition coefficient (Wildman–Crippen LogP) is 6.57. The summed E-state index contributed by atoms with van der Waals surface area (Å²) >= 11 is 9.08. The largest absolute Gasteiger partial charge is 0.487 e. The predicted molar refractivity (Wildman–Crippen MR) is 189 cm³/mol. The summed E-state index contributed by atoms with van der Waals surface area (Å²) < 4.78 is 16.1. The van der Waals surface area contributed by atoms with Crippen LogP contribution in [0.4, 0.5) is 5.69 Å². The van der Waals surface area contributed by atoms with Gasteiger partial charge in [-0.05, 0) is 113 Å². The Morgan fingerprint density at radius 2 is 1.82 bits per heavy atom. The topological polar surface area (TPSA) is 113 Å². The third kappa shape index (κ3) is 6.70. The van der Waals surface area contributed by atoms with Gasteiger partial charge in [-0.3, -0.25) is 19.5 Å². The van der Waals surface area contributed by atoms with Gasteiger partial charge in [0.1, 0.15) is 12.4 Å². The lowest BCUT2D eigenvalue weighted by atomic mass is 9.94. The number of esters is 1. The van der Waals surface area contributed by atoms with Gasteiger partial charge in [0, 0.05) is 16.1 Å². The van der Waals surface area contributed by atoms with Crippen LogP contribution in [0.5, 0.6) is 5.75 Å². The van der Waals surface area contributed by atoms with E-state index in [1.807, 2.05) is 36.4 Å². The summed E-state index contributed by atoms with van der Waals surface area (Å²) in [5.41, 5.74) is 2.81. The number of ether oxygens (including phenoxy) is 2. The van der Waals surface area contributed by atoms with Crippen molar-refractivity contribution in [2.75, 3.05) is 6.61 Å². The van der Waals surface area contributed by atoms with E-state index in [1.54, 1.807) is 39.0 Å². The molecule has 44 heavy (non-hydrogen) atoms. The highest BCUT2D eigenvalue weighted by Gasteiger charge is 2.34. The molecule has 1 aliphatic heterocycles. The second-order valence-corrected chi connectivity index (χ2v) is 14.1. The number of nitrogens with zero attached hydrogens (tertiary/aromatic N) is 3. The number of nitro groups is 1. The smallest absolute Gasteiger partial charge is 0.338 e. The first-order valence-electron chi connectivity index (χ1n) is 13.3. The van der Waals surface area contributed by atoms with Crippen molar-refractivity contribution in [3.63, 3.8) is 0 Å². The first-order valence-corrected chi connectivity index (χ1v) is 17.1. The highest BCUT2D eigenvalue weighted by Crippen LogP contribution is 2.34. The zero-order chi connectivity index (χ0) is 31.7. The molecule has 0 unspecified atom stereocenters. The Morgan fingerprint density at radius 1 is 1.14 bits per heavy atom. The van der Waals surface area contributed by atoms with Crippen LogP contribution < -0.4 is 19.6 Å². The van der Waals surface area contributed by atoms with Crippen LogP contribution in [0.1, 0.15) is 42.1 Å². The molecule has 0 N–H and O–H groups in total. The SMILES string of the molecule is CCOC(=O)C1=C(C)N=c2s/c(=C/c3cc(I)c(OCc4ccc(Br)cc4)c(I)c3)c(=O)n2[C@H]1c1ccc(C)c([N+](=O)[O-])c1. The minimum Gasteiger partial charge on any atom is -0.487 e. The first-order chi connectivity index (χ1) is 21.0. The van der Waals surface area contributed by atoms with E-state index in [2.05, 4.69) is 66.1 Å². The molecule has 1 aromatic heterocycles. The molecule has 226 valence electrons. The number of aromatic nitrogens is 1. The Bertz CT molecular complexity index is 2000. The van der Waals surface area contributed by atoms with Crippen LogP contribution >= 0.6 is 72.4 Å². The number of fused-ring (bicyclic) bond motifs is 1. The molecular formula is C31H24BrI2N3O6S. The Hall–Kier alpha value is -2.89. The summed E-state index contributed by atoms with van der Waals surface area (Å²) in [4.78, 5) is 43.4. The molecule has 1 aliphatic rings. The van der Waals surface area contributed by atoms with E-state index in [1.165, 1.54) is 22.0 Å². The van der Waals surface area contributed by atoms with E-state index < -0.39 is 16.9 Å². The molecule has 4 aromatic rings. The van der Waals surface area contributed by atoms with Gasteiger partial charge < -0.3 is 9.47 Å². The molecule has 1 atom stereocenters. The number of benzene rings is 3. The number of aryl methyl sites for hydroxylation is 1. The van der Waals surface area contributed by atoms with E-state index in [4.69, 9.17) is 9.47 Å². The van der Waals surface area contributed by atoms with Crippen molar-refractivity contribution in [3.05, 3.63) is 130 Å². The molecule has 0 saturated carbocycles. The van der Waals surface area contributed by atoms with Crippen molar-refractivity contribution in [1.82, 2.24) is 4.57 Å². The maximum atomic E-state index is 14.0. The molecule has 9 nitrogen and oxygen atoms in total. The van der Waals surface area contributed by atoms with Gasteiger partial charge in [-0.1, -0.05) is 51.5 Å². The number of rotatable bonds is 8. The summed E-state index contributed by atoms with van der Waals surface area (Å²) in [6.45, 7) is 5.54. The van der Waals surface area contributed by atoms with E-state index in [0.29, 0.717) is 32.8 Å². The minimum atomic E-state index is -0.943. The molecule has 0 saturated heterocycles. The minimum absolute atomic E-state index is 0.103. The number of carbonyl (C=O) groups is 1. The Balaban J connectivity index is 1.58. The van der Waals surface area contributed by atoms with E-state index in [-0.39, 0.29) is 23.4 Å². The first kappa shape index (κ1) is 32.5. The molecule has 0 aliphatic carbocycles. The van der Waals surface area contributed by atoms with Gasteiger partial charge in [0.15, 0.2) is 4.80 Å². The van der Waals surface area contributed by atoms with Crippen LogP contribution in [0, 0.1) is 24.2 Å². The van der Waals surface area contributed by atoms with Gasteiger partial charge in [-0.15, -0.1) is 0 Å². The average Bonchev–Trinajstić information content (AvgIpc) is 3.26. The van der Waals surface area contributed by atoms with Gasteiger partial charge in [-0.25, -0.2) is 9.79 Å². The number of allylic oxidation sites excluding steroid dienone is 1. The van der Waals surface area contributed by atoms with Crippen molar-refractivity contribution < 1.29 is 19.2 Å². The molecule has 2 heterocycles. The average molecular weight is 900 g/mol. The highest BCUT2D eigenvalue weighted by atomic mass is 127. The summed E-state index contributed by atoms with van der Waals surface area (Å²) in [6.07, 6.45) is 1.78. The molecule has 0 bridgehead atoms. The van der Waals surface area contributed by atoms with Gasteiger partial charge in [-0.2, -0.15) is 0 Å². The fraction of sp³-hybridized carbons (Fsp3) is 0.194. The van der Waals surface area contributed by atoms with Crippen LogP contribution in [-0.4, -0.2) is 22.1 Å². The van der Waals surface area contributed by atoms with Crippen molar-refractivity contribution in [2.45, 2.75) is 33.4 Å². The van der Waals surface area contributed by atoms with Crippen LogP contribution in [0.25, 0.3) is 6.08 Å². The van der Waals surface area contributed by atoms with Crippen LogP contribution in [0.15, 0.2) is 80.1 Å². The highest BCUT2D eigenvalue weighted by molar-refractivity contribution is 14.1. The lowest BCUT2D eigenvalue weighted by molar-refractivity contribution is -0.385. The van der Waals surface area contributed by atoms with Gasteiger partial charge >= 0.3 is 5.97 Å². The molecule has 0 radical (unpaired) electrons. The lowest BCUT2D eigenvalue weighted by Crippen LogP contribution is -2.40. The second kappa shape index (κ2) is 13.6. The van der Waals surface area contributed by atoms with Gasteiger partial charge in [0.05, 0.1) is 40.5 Å². The number of hydrogen-bond donors (Lipinski definition) is 0. The molecular weight excluding hydrogens is 876 g/mol. The van der Waals surface area contributed by atoms with E-state index in [0.717, 1.165) is 28.5 Å². The zero-order valence-electron chi connectivity index (χ0n) is 23.6. The second-order valence-electron chi connectivity index (χ2n) is 9.83. The maximum Gasteiger partial charge on any atom is 0.338 e. The molecule has 13 heteroatoms. The number of hydrogen-bond acceptors (Lipinski definition) is 8. The zero-order valence-corrected chi connectivity index (χ0v) is 30.3. The van der Waals surface area contributed by atoms with Crippen LogP contribution in [0.3, 0.4) is 0 Å². The Morgan fingerprint density at radius 3 is 2.45 bits per heavy atom. The fourth-order valence-corrected chi connectivity index (χ4v) is 8.23. The van der Waals surface area contributed by atoms with Crippen molar-refractivity contribution in [1.29, 1.82) is 0 Å². The summed E-state index contributed by atoms with van der Waals surface area (Å²) in [5, 5.41) is 11.8. The summed E-state index contributed by atoms with van der Waals surface area (Å²) in [7, 11) is 0. The maximum absolute atomic E-state index is 14.0. The lowest BCUT2D eigenvalue weighted by Gasteiger charge is -2.24. The third-order valence-corrected chi connectivity index (χ3v) is 9.99. The number of carbonyl (C=O) groups excluding carboxylic acids is 1. The molecule has 5 rings (SSSR count). The van der Waals surface area contributed by atoms with E-state index in [9.17, 15) is 19.7 Å². The summed E-state index contributed by atoms with van der Waals surface area (Å²) in [6, 6.07) is 15.6. The Labute approximate surface area is 291 Å². The van der Waals surface area contributed by atoms with Gasteiger partial charge in [0.2, 0.25) is 0 Å². The monoisotopic (exact) mass is 899 g/mol. The number of halogens is 3. The van der Waals surface area contributed by atoms with Crippen LogP contribution in [0.2, 0.25) is 0 Å². The number of thiazole rings is 1. The standard InChI is InChI=1S/C31H24BrI2N3O6S/c1-4-42-30(39)26-17(3)35-31-36(27(26)20-8-5-16(2)24(14-20)37(40)41)29(38)25(44-31)13-19-11-22(33)28(23(34)12-19)43-15-18-6-9-21(32)10-7-18/h5-14,27H,4,15H2,1-3H3/b25-13+/t27-/m0/s1. The number of nitro benzene ring substituents is 1. The van der Waals surface area contributed by atoms with Crippen molar-refractivity contribution in [2.24, 2.45) is 4.99 Å². The Kier molecular flexibility index (Phi) is 10.1. The van der Waals surface area contributed by atoms with E-state index >= 15 is 0 Å². The third-order valence-electron chi connectivity index (χ3n) is 6.88. The molecule has 0 spiro atoms. The molecule has 3 aromatic carbocycles. The van der Waals surface area contributed by atoms with Crippen molar-refractivity contribution >= 4 is 90.2 Å². The molecule has 0 amide bonds. The normalized spacial score (nSPS) is 14.7. The molecule has 0 fully saturated rings. The van der Waals surface area contributed by atoms with Gasteiger partial charge in [0.25, 0.3) is 11.2 Å².